The molecule has 3 N–H and O–H groups in total. The number of amides is 1. The number of hydrogen-bond donors (Lipinski definition) is 2. The maximum Gasteiger partial charge on any atom is 0.271 e. The molecule has 8 heteroatoms. The first-order valence-electron chi connectivity index (χ1n) is 5.65. The summed E-state index contributed by atoms with van der Waals surface area (Å²) in [4.78, 5) is 15.2. The molecule has 2 heterocycles. The number of carbonyl (C=O) groups excluding carboxylic acids is 1. The van der Waals surface area contributed by atoms with Crippen LogP contribution in [0.5, 0.6) is 0 Å². The molecule has 7 nitrogen and oxygen atoms in total. The average Bonchev–Trinajstić information content (AvgIpc) is 3.10. The summed E-state index contributed by atoms with van der Waals surface area (Å²) in [6, 6.07) is 5.28. The number of imidazole rings is 1. The van der Waals surface area contributed by atoms with E-state index in [1.807, 2.05) is 0 Å². The predicted octanol–water partition coefficient (Wildman–Crippen LogP) is 1.41. The lowest BCUT2D eigenvalue weighted by Crippen LogP contribution is -2.12. The fourth-order valence-electron chi connectivity index (χ4n) is 1.87. The number of aromatic nitrogens is 5. The van der Waals surface area contributed by atoms with Gasteiger partial charge in [0, 0.05) is 18.0 Å². The molecule has 2 aromatic heterocycles. The highest BCUT2D eigenvalue weighted by molar-refractivity contribution is 6.32. The number of halogens is 1. The van der Waals surface area contributed by atoms with Gasteiger partial charge in [-0.25, -0.2) is 4.98 Å². The van der Waals surface area contributed by atoms with Gasteiger partial charge in [0.25, 0.3) is 5.91 Å². The molecule has 100 valence electrons. The van der Waals surface area contributed by atoms with Gasteiger partial charge in [-0.3, -0.25) is 4.79 Å². The summed E-state index contributed by atoms with van der Waals surface area (Å²) in [7, 11) is 0. The standard InChI is InChI=1S/C12H9ClN6O/c13-8-5-7(10-11(12(14)20)17-18-16-10)1-2-9(8)19-4-3-15-6-19/h1-6H,(H2,14,20)(H,16,17,18). The number of benzene rings is 1. The maximum absolute atomic E-state index is 11.2. The second-order valence-corrected chi connectivity index (χ2v) is 4.43. The Kier molecular flexibility index (Phi) is 2.96. The van der Waals surface area contributed by atoms with Crippen LogP contribution in [0.25, 0.3) is 16.9 Å². The molecule has 3 rings (SSSR count). The summed E-state index contributed by atoms with van der Waals surface area (Å²) in [6.07, 6.45) is 5.09. The second kappa shape index (κ2) is 4.78. The molecule has 0 fully saturated rings. The Labute approximate surface area is 118 Å². The molecule has 0 radical (unpaired) electrons. The maximum atomic E-state index is 11.2. The lowest BCUT2D eigenvalue weighted by atomic mass is 10.1. The van der Waals surface area contributed by atoms with Crippen LogP contribution in [0.4, 0.5) is 0 Å². The Balaban J connectivity index is 2.07. The number of H-pyrrole nitrogens is 1. The van der Waals surface area contributed by atoms with Crippen LogP contribution in [0.1, 0.15) is 10.5 Å². The van der Waals surface area contributed by atoms with Crippen molar-refractivity contribution in [2.45, 2.75) is 0 Å². The SMILES string of the molecule is NC(=O)c1n[nH]nc1-c1ccc(-n2ccnc2)c(Cl)c1. The smallest absolute Gasteiger partial charge is 0.271 e. The predicted molar refractivity (Wildman–Crippen MR) is 72.5 cm³/mol. The number of primary amides is 1. The third-order valence-electron chi connectivity index (χ3n) is 2.78. The lowest BCUT2D eigenvalue weighted by Gasteiger charge is -2.06. The number of rotatable bonds is 3. The highest BCUT2D eigenvalue weighted by Crippen LogP contribution is 2.27. The van der Waals surface area contributed by atoms with E-state index < -0.39 is 5.91 Å². The molecule has 3 aromatic rings. The molecule has 0 aliphatic carbocycles. The van der Waals surface area contributed by atoms with E-state index in [4.69, 9.17) is 17.3 Å². The van der Waals surface area contributed by atoms with Gasteiger partial charge < -0.3 is 10.3 Å². The summed E-state index contributed by atoms with van der Waals surface area (Å²) in [5, 5.41) is 10.5. The molecule has 0 atom stereocenters. The Bertz CT molecular complexity index is 764. The Morgan fingerprint density at radius 2 is 2.20 bits per heavy atom. The molecule has 0 unspecified atom stereocenters. The van der Waals surface area contributed by atoms with Crippen LogP contribution in [-0.4, -0.2) is 30.9 Å². The van der Waals surface area contributed by atoms with Crippen molar-refractivity contribution >= 4 is 17.5 Å². The van der Waals surface area contributed by atoms with Gasteiger partial charge in [0.2, 0.25) is 0 Å². The van der Waals surface area contributed by atoms with Crippen LogP contribution in [0.2, 0.25) is 5.02 Å². The van der Waals surface area contributed by atoms with E-state index >= 15 is 0 Å². The van der Waals surface area contributed by atoms with Crippen molar-refractivity contribution in [1.29, 1.82) is 0 Å². The molecule has 0 saturated heterocycles. The van der Waals surface area contributed by atoms with Gasteiger partial charge in [0.15, 0.2) is 5.69 Å². The molecule has 0 saturated carbocycles. The quantitative estimate of drug-likeness (QED) is 0.760. The zero-order valence-corrected chi connectivity index (χ0v) is 10.9. The molecule has 1 aromatic carbocycles. The van der Waals surface area contributed by atoms with E-state index in [0.29, 0.717) is 16.3 Å². The topological polar surface area (TPSA) is 102 Å². The minimum atomic E-state index is -0.649. The zero-order chi connectivity index (χ0) is 14.1. The first kappa shape index (κ1) is 12.4. The van der Waals surface area contributed by atoms with Crippen molar-refractivity contribution in [3.05, 3.63) is 47.6 Å². The van der Waals surface area contributed by atoms with Crippen LogP contribution >= 0.6 is 11.6 Å². The van der Waals surface area contributed by atoms with Crippen molar-refractivity contribution in [2.75, 3.05) is 0 Å². The van der Waals surface area contributed by atoms with Crippen molar-refractivity contribution in [3.8, 4) is 16.9 Å². The van der Waals surface area contributed by atoms with Crippen LogP contribution < -0.4 is 5.73 Å². The monoisotopic (exact) mass is 288 g/mol. The van der Waals surface area contributed by atoms with Crippen molar-refractivity contribution in [1.82, 2.24) is 25.0 Å². The number of carbonyl (C=O) groups is 1. The van der Waals surface area contributed by atoms with Gasteiger partial charge >= 0.3 is 0 Å². The zero-order valence-electron chi connectivity index (χ0n) is 10.1. The fourth-order valence-corrected chi connectivity index (χ4v) is 2.15. The van der Waals surface area contributed by atoms with Crippen molar-refractivity contribution in [2.24, 2.45) is 5.73 Å². The fraction of sp³-hybridized carbons (Fsp3) is 0. The minimum absolute atomic E-state index is 0.0800. The minimum Gasteiger partial charge on any atom is -0.364 e. The molecular weight excluding hydrogens is 280 g/mol. The summed E-state index contributed by atoms with van der Waals surface area (Å²) in [5.74, 6) is -0.649. The van der Waals surface area contributed by atoms with E-state index in [1.165, 1.54) is 0 Å². The van der Waals surface area contributed by atoms with Crippen LogP contribution in [0, 0.1) is 0 Å². The van der Waals surface area contributed by atoms with E-state index in [0.717, 1.165) is 5.69 Å². The second-order valence-electron chi connectivity index (χ2n) is 4.02. The number of nitrogens with one attached hydrogen (secondary N) is 1. The molecule has 20 heavy (non-hydrogen) atoms. The molecule has 0 spiro atoms. The summed E-state index contributed by atoms with van der Waals surface area (Å²) in [6.45, 7) is 0. The lowest BCUT2D eigenvalue weighted by molar-refractivity contribution is 0.0996. The van der Waals surface area contributed by atoms with Gasteiger partial charge in [-0.05, 0) is 12.1 Å². The number of nitrogens with two attached hydrogens (primary N) is 1. The number of hydrogen-bond acceptors (Lipinski definition) is 4. The van der Waals surface area contributed by atoms with Gasteiger partial charge in [-0.2, -0.15) is 15.4 Å². The summed E-state index contributed by atoms with van der Waals surface area (Å²) < 4.78 is 1.78. The van der Waals surface area contributed by atoms with Gasteiger partial charge in [-0.1, -0.05) is 17.7 Å². The summed E-state index contributed by atoms with van der Waals surface area (Å²) in [5.41, 5.74) is 7.12. The van der Waals surface area contributed by atoms with E-state index in [9.17, 15) is 4.79 Å². The third kappa shape index (κ3) is 2.04. The summed E-state index contributed by atoms with van der Waals surface area (Å²) >= 11 is 6.25. The molecule has 0 bridgehead atoms. The Morgan fingerprint density at radius 3 is 2.85 bits per heavy atom. The molecule has 0 aliphatic rings. The van der Waals surface area contributed by atoms with Gasteiger partial charge in [-0.15, -0.1) is 0 Å². The first-order valence-corrected chi connectivity index (χ1v) is 6.03. The number of aromatic amines is 1. The van der Waals surface area contributed by atoms with Crippen LogP contribution in [0.15, 0.2) is 36.9 Å². The van der Waals surface area contributed by atoms with E-state index in [-0.39, 0.29) is 5.69 Å². The molecule has 1 amide bonds. The van der Waals surface area contributed by atoms with Crippen molar-refractivity contribution < 1.29 is 4.79 Å². The highest BCUT2D eigenvalue weighted by Gasteiger charge is 2.16. The van der Waals surface area contributed by atoms with Gasteiger partial charge in [0.05, 0.1) is 17.0 Å². The first-order chi connectivity index (χ1) is 9.66. The molecule has 0 aliphatic heterocycles. The van der Waals surface area contributed by atoms with Crippen LogP contribution in [0.3, 0.4) is 0 Å². The number of nitrogens with zero attached hydrogens (tertiary/aromatic N) is 4. The Hall–Kier alpha value is -2.67. The molecular formula is C12H9ClN6O. The average molecular weight is 289 g/mol. The third-order valence-corrected chi connectivity index (χ3v) is 3.09. The Morgan fingerprint density at radius 1 is 1.35 bits per heavy atom. The highest BCUT2D eigenvalue weighted by atomic mass is 35.5. The largest absolute Gasteiger partial charge is 0.364 e. The van der Waals surface area contributed by atoms with E-state index in [2.05, 4.69) is 20.4 Å². The normalized spacial score (nSPS) is 10.7. The van der Waals surface area contributed by atoms with Gasteiger partial charge in [0.1, 0.15) is 5.69 Å². The van der Waals surface area contributed by atoms with E-state index in [1.54, 1.807) is 41.5 Å². The van der Waals surface area contributed by atoms with Crippen molar-refractivity contribution in [3.63, 3.8) is 0 Å². The van der Waals surface area contributed by atoms with Crippen LogP contribution in [-0.2, 0) is 0 Å².